The summed E-state index contributed by atoms with van der Waals surface area (Å²) in [5.74, 6) is -0.604. The number of esters is 2. The molecule has 0 heterocycles. The third kappa shape index (κ3) is 31.2. The topological polar surface area (TPSA) is 72.8 Å². The molecule has 0 aromatic heterocycles. The quantitative estimate of drug-likeness (QED) is 0.0503. The lowest BCUT2D eigenvalue weighted by Gasteiger charge is -2.15. The fourth-order valence-electron chi connectivity index (χ4n) is 4.80. The normalized spacial score (nSPS) is 12.4. The molecule has 0 fully saturated rings. The summed E-state index contributed by atoms with van der Waals surface area (Å²) in [7, 11) is 0. The van der Waals surface area contributed by atoms with Crippen molar-refractivity contribution in [3.8, 4) is 0 Å². The van der Waals surface area contributed by atoms with Crippen molar-refractivity contribution >= 4 is 11.9 Å². The van der Waals surface area contributed by atoms with E-state index in [1.165, 1.54) is 96.3 Å². The summed E-state index contributed by atoms with van der Waals surface area (Å²) in [5, 5.41) is 9.50. The van der Waals surface area contributed by atoms with E-state index in [1.54, 1.807) is 0 Å². The first-order valence-corrected chi connectivity index (χ1v) is 17.4. The minimum Gasteiger partial charge on any atom is -0.462 e. The first-order chi connectivity index (χ1) is 20.1. The molecule has 0 spiro atoms. The van der Waals surface area contributed by atoms with Gasteiger partial charge < -0.3 is 14.6 Å². The van der Waals surface area contributed by atoms with Gasteiger partial charge in [0.05, 0.1) is 6.61 Å². The zero-order valence-electron chi connectivity index (χ0n) is 27.1. The van der Waals surface area contributed by atoms with Crippen LogP contribution in [-0.2, 0) is 19.1 Å². The summed E-state index contributed by atoms with van der Waals surface area (Å²) in [6.07, 6.45) is 36.5. The minimum atomic E-state index is -0.772. The van der Waals surface area contributed by atoms with Crippen molar-refractivity contribution in [3.05, 3.63) is 24.3 Å². The number of hydrogen-bond donors (Lipinski definition) is 1. The number of carbonyl (C=O) groups is 2. The van der Waals surface area contributed by atoms with Gasteiger partial charge >= 0.3 is 11.9 Å². The first kappa shape index (κ1) is 39.4. The average molecular weight is 579 g/mol. The predicted molar refractivity (Wildman–Crippen MR) is 173 cm³/mol. The van der Waals surface area contributed by atoms with E-state index >= 15 is 0 Å². The van der Waals surface area contributed by atoms with Gasteiger partial charge in [-0.3, -0.25) is 9.59 Å². The first-order valence-electron chi connectivity index (χ1n) is 17.4. The number of ether oxygens (including phenoxy) is 2. The molecule has 0 unspecified atom stereocenters. The molecule has 0 saturated heterocycles. The van der Waals surface area contributed by atoms with Gasteiger partial charge in [-0.2, -0.15) is 0 Å². The van der Waals surface area contributed by atoms with Crippen molar-refractivity contribution in [2.45, 2.75) is 180 Å². The zero-order valence-corrected chi connectivity index (χ0v) is 27.1. The summed E-state index contributed by atoms with van der Waals surface area (Å²) in [6, 6.07) is 0. The Morgan fingerprint density at radius 1 is 0.561 bits per heavy atom. The number of aliphatic hydroxyl groups is 1. The molecule has 240 valence electrons. The van der Waals surface area contributed by atoms with Crippen molar-refractivity contribution in [2.75, 3.05) is 13.2 Å². The molecule has 0 amide bonds. The van der Waals surface area contributed by atoms with Gasteiger partial charge in [0.25, 0.3) is 0 Å². The summed E-state index contributed by atoms with van der Waals surface area (Å²) in [5.41, 5.74) is 0. The Balaban J connectivity index is 3.59. The van der Waals surface area contributed by atoms with Crippen LogP contribution in [-0.4, -0.2) is 36.4 Å². The number of hydrogen-bond acceptors (Lipinski definition) is 5. The third-order valence-corrected chi connectivity index (χ3v) is 7.50. The number of unbranched alkanes of at least 4 members (excludes halogenated alkanes) is 19. The second kappa shape index (κ2) is 32.9. The van der Waals surface area contributed by atoms with Crippen molar-refractivity contribution < 1.29 is 24.2 Å². The Bertz CT molecular complexity index is 627. The van der Waals surface area contributed by atoms with Crippen LogP contribution in [0.4, 0.5) is 0 Å². The highest BCUT2D eigenvalue weighted by molar-refractivity contribution is 5.70. The van der Waals surface area contributed by atoms with Crippen LogP contribution in [0.2, 0.25) is 0 Å². The maximum Gasteiger partial charge on any atom is 0.306 e. The summed E-state index contributed by atoms with van der Waals surface area (Å²) in [6.45, 7) is 4.07. The smallest absolute Gasteiger partial charge is 0.306 e. The highest BCUT2D eigenvalue weighted by atomic mass is 16.6. The molecule has 0 aliphatic heterocycles. The largest absolute Gasteiger partial charge is 0.462 e. The Hall–Kier alpha value is -1.62. The molecule has 5 heteroatoms. The van der Waals surface area contributed by atoms with E-state index in [9.17, 15) is 14.7 Å². The molecule has 0 aromatic rings. The Labute approximate surface area is 253 Å². The van der Waals surface area contributed by atoms with Gasteiger partial charge in [-0.15, -0.1) is 0 Å². The molecule has 0 radical (unpaired) electrons. The van der Waals surface area contributed by atoms with Crippen LogP contribution in [0.3, 0.4) is 0 Å². The number of carbonyl (C=O) groups excluding carboxylic acids is 2. The SMILES string of the molecule is CCCC/C=C\C/C=C\CCCCCCCC(=O)O[C@@H](CO)COC(=O)CCCCCCCCCCCCCCC. The number of allylic oxidation sites excluding steroid dienone is 4. The van der Waals surface area contributed by atoms with E-state index in [0.29, 0.717) is 12.8 Å². The van der Waals surface area contributed by atoms with Crippen LogP contribution < -0.4 is 0 Å². The van der Waals surface area contributed by atoms with Gasteiger partial charge in [0.1, 0.15) is 6.61 Å². The molecule has 41 heavy (non-hydrogen) atoms. The van der Waals surface area contributed by atoms with Crippen LogP contribution in [0.5, 0.6) is 0 Å². The fraction of sp³-hybridized carbons (Fsp3) is 0.833. The lowest BCUT2D eigenvalue weighted by molar-refractivity contribution is -0.161. The fourth-order valence-corrected chi connectivity index (χ4v) is 4.80. The Kier molecular flexibility index (Phi) is 31.6. The zero-order chi connectivity index (χ0) is 30.1. The highest BCUT2D eigenvalue weighted by Gasteiger charge is 2.16. The van der Waals surface area contributed by atoms with Crippen LogP contribution in [0, 0.1) is 0 Å². The lowest BCUT2D eigenvalue weighted by Crippen LogP contribution is -2.28. The summed E-state index contributed by atoms with van der Waals surface area (Å²) < 4.78 is 10.5. The summed E-state index contributed by atoms with van der Waals surface area (Å²) in [4.78, 5) is 24.1. The molecule has 5 nitrogen and oxygen atoms in total. The van der Waals surface area contributed by atoms with E-state index in [-0.39, 0.29) is 25.2 Å². The molecular formula is C36H66O5. The van der Waals surface area contributed by atoms with Crippen LogP contribution in [0.1, 0.15) is 174 Å². The molecule has 0 saturated carbocycles. The van der Waals surface area contributed by atoms with Gasteiger partial charge in [0.15, 0.2) is 6.10 Å². The maximum absolute atomic E-state index is 12.1. The number of aliphatic hydroxyl groups excluding tert-OH is 1. The second-order valence-corrected chi connectivity index (χ2v) is 11.6. The van der Waals surface area contributed by atoms with Crippen molar-refractivity contribution in [1.82, 2.24) is 0 Å². The van der Waals surface area contributed by atoms with Crippen LogP contribution in [0.25, 0.3) is 0 Å². The lowest BCUT2D eigenvalue weighted by atomic mass is 10.0. The van der Waals surface area contributed by atoms with E-state index in [4.69, 9.17) is 9.47 Å². The molecule has 0 aromatic carbocycles. The van der Waals surface area contributed by atoms with Crippen LogP contribution in [0.15, 0.2) is 24.3 Å². The second-order valence-electron chi connectivity index (χ2n) is 11.6. The van der Waals surface area contributed by atoms with Crippen LogP contribution >= 0.6 is 0 Å². The van der Waals surface area contributed by atoms with Crippen molar-refractivity contribution in [3.63, 3.8) is 0 Å². The monoisotopic (exact) mass is 578 g/mol. The Morgan fingerprint density at radius 3 is 1.51 bits per heavy atom. The van der Waals surface area contributed by atoms with Gasteiger partial charge in [0.2, 0.25) is 0 Å². The van der Waals surface area contributed by atoms with Gasteiger partial charge in [-0.05, 0) is 38.5 Å². The summed E-state index contributed by atoms with van der Waals surface area (Å²) >= 11 is 0. The molecule has 0 bridgehead atoms. The molecule has 0 rings (SSSR count). The predicted octanol–water partition coefficient (Wildman–Crippen LogP) is 10.3. The van der Waals surface area contributed by atoms with Gasteiger partial charge in [0, 0.05) is 12.8 Å². The average Bonchev–Trinajstić information content (AvgIpc) is 2.97. The molecule has 0 aliphatic rings. The molecule has 1 atom stereocenters. The van der Waals surface area contributed by atoms with E-state index in [0.717, 1.165) is 51.4 Å². The number of rotatable bonds is 31. The third-order valence-electron chi connectivity index (χ3n) is 7.50. The van der Waals surface area contributed by atoms with E-state index < -0.39 is 6.10 Å². The standard InChI is InChI=1S/C36H66O5/c1-3-5-7-9-11-13-15-17-19-21-23-25-27-29-31-36(39)41-34(32-37)33-40-35(38)30-28-26-24-22-20-18-16-14-12-10-8-6-4-2/h9,11,15,17,34,37H,3-8,10,12-14,16,18-33H2,1-2H3/b11-9-,17-15-/t34-/m0/s1. The molecular weight excluding hydrogens is 512 g/mol. The van der Waals surface area contributed by atoms with Gasteiger partial charge in [-0.1, -0.05) is 147 Å². The van der Waals surface area contributed by atoms with E-state index in [1.807, 2.05) is 0 Å². The molecule has 1 N–H and O–H groups in total. The minimum absolute atomic E-state index is 0.0679. The highest BCUT2D eigenvalue weighted by Crippen LogP contribution is 2.13. The Morgan fingerprint density at radius 2 is 1.00 bits per heavy atom. The van der Waals surface area contributed by atoms with E-state index in [2.05, 4.69) is 38.2 Å². The maximum atomic E-state index is 12.1. The van der Waals surface area contributed by atoms with Gasteiger partial charge in [-0.25, -0.2) is 0 Å². The van der Waals surface area contributed by atoms with Crippen molar-refractivity contribution in [2.24, 2.45) is 0 Å². The molecule has 0 aliphatic carbocycles. The van der Waals surface area contributed by atoms with Crippen molar-refractivity contribution in [1.29, 1.82) is 0 Å².